The van der Waals surface area contributed by atoms with E-state index in [1.807, 2.05) is 6.92 Å². The standard InChI is InChI=1S/C38H52O7.2Na/c1-33(2)27-12-15-38(7)29(36(27,5)14-13-28(33)45-31(42)23-11-9-8-10-22(23)30(40)41)26(39)20-24-25-21-35(4,32(43)44)17-16-34(25,3)18-19-37(24,38)6;;/h8-11,24-25,27-29H,12-21H2,1-7H3,(H,40,41)(H,43,44);;/q;2*+1/p-2/t24?,25?,27?,28-,29+,34-,35?,36-,37+,38+;;/m0../s1. The Morgan fingerprint density at radius 3 is 2.00 bits per heavy atom. The van der Waals surface area contributed by atoms with E-state index in [-0.39, 0.29) is 116 Å². The van der Waals surface area contributed by atoms with Crippen molar-refractivity contribution < 1.29 is 93.2 Å². The van der Waals surface area contributed by atoms with E-state index >= 15 is 0 Å². The molecule has 1 aromatic carbocycles. The van der Waals surface area contributed by atoms with Crippen molar-refractivity contribution in [1.82, 2.24) is 0 Å². The summed E-state index contributed by atoms with van der Waals surface area (Å²) in [6.07, 6.45) is 7.44. The minimum Gasteiger partial charge on any atom is -0.550 e. The molecule has 5 aliphatic rings. The SMILES string of the molecule is CC1(C(=O)[O-])CC[C@@]2(C)CC[C@]3(C)C(CC(=O)[C@@H]4[C@@]5(C)CC[C@H](OC(=O)c6ccccc6C(=O)[O-])C(C)(C)C5CC[C@]43C)C2C1.[Na+].[Na+]. The van der Waals surface area contributed by atoms with Gasteiger partial charge >= 0.3 is 65.1 Å². The Morgan fingerprint density at radius 2 is 1.38 bits per heavy atom. The van der Waals surface area contributed by atoms with Crippen LogP contribution >= 0.6 is 0 Å². The van der Waals surface area contributed by atoms with Gasteiger partial charge in [0.05, 0.1) is 11.5 Å². The van der Waals surface area contributed by atoms with Crippen molar-refractivity contribution in [2.24, 2.45) is 56.2 Å². The maximum Gasteiger partial charge on any atom is 1.00 e. The maximum absolute atomic E-state index is 14.6. The summed E-state index contributed by atoms with van der Waals surface area (Å²) in [5.41, 5.74) is -1.99. The zero-order valence-corrected chi connectivity index (χ0v) is 34.1. The van der Waals surface area contributed by atoms with Crippen molar-refractivity contribution >= 4 is 23.7 Å². The number of rotatable bonds is 4. The fourth-order valence-electron chi connectivity index (χ4n) is 12.3. The minimum atomic E-state index is -1.41. The molecule has 0 spiro atoms. The summed E-state index contributed by atoms with van der Waals surface area (Å²) in [5, 5.41) is 24.0. The first-order chi connectivity index (χ1) is 20.8. The third-order valence-corrected chi connectivity index (χ3v) is 15.2. The van der Waals surface area contributed by atoms with Crippen LogP contribution in [0.2, 0.25) is 0 Å². The average Bonchev–Trinajstić information content (AvgIpc) is 2.96. The number of carboxylic acid groups (broad SMARTS) is 2. The van der Waals surface area contributed by atoms with Crippen LogP contribution in [0.25, 0.3) is 0 Å². The second kappa shape index (κ2) is 12.8. The van der Waals surface area contributed by atoms with Gasteiger partial charge in [0.25, 0.3) is 0 Å². The summed E-state index contributed by atoms with van der Waals surface area (Å²) in [6, 6.07) is 6.01. The fourth-order valence-corrected chi connectivity index (χ4v) is 12.3. The minimum absolute atomic E-state index is 0. The number of esters is 1. The number of aromatic carboxylic acids is 1. The van der Waals surface area contributed by atoms with Gasteiger partial charge in [-0.1, -0.05) is 66.7 Å². The third kappa shape index (κ3) is 5.68. The molecule has 9 heteroatoms. The zero-order chi connectivity index (χ0) is 33.0. The number of benzene rings is 1. The predicted molar refractivity (Wildman–Crippen MR) is 164 cm³/mol. The Morgan fingerprint density at radius 1 is 0.766 bits per heavy atom. The maximum atomic E-state index is 14.6. The normalized spacial score (nSPS) is 43.3. The molecule has 0 heterocycles. The summed E-state index contributed by atoms with van der Waals surface area (Å²) in [7, 11) is 0. The van der Waals surface area contributed by atoms with Crippen LogP contribution in [0.15, 0.2) is 24.3 Å². The second-order valence-corrected chi connectivity index (χ2v) is 17.5. The Labute approximate surface area is 324 Å². The van der Waals surface area contributed by atoms with Gasteiger partial charge in [-0.2, -0.15) is 0 Å². The van der Waals surface area contributed by atoms with Crippen molar-refractivity contribution in [2.75, 3.05) is 0 Å². The predicted octanol–water partition coefficient (Wildman–Crippen LogP) is -0.606. The van der Waals surface area contributed by atoms with Crippen LogP contribution in [0.1, 0.15) is 133 Å². The van der Waals surface area contributed by atoms with E-state index in [2.05, 4.69) is 41.5 Å². The molecule has 10 atom stereocenters. The number of fused-ring (bicyclic) bond motifs is 7. The number of Topliss-reactive ketones (excluding diaryl/α,β-unsaturated/α-hetero) is 1. The summed E-state index contributed by atoms with van der Waals surface area (Å²) < 4.78 is 6.11. The van der Waals surface area contributed by atoms with Crippen molar-refractivity contribution in [3.8, 4) is 0 Å². The number of ketones is 1. The van der Waals surface area contributed by atoms with Gasteiger partial charge in [-0.25, -0.2) is 4.79 Å². The number of carbonyl (C=O) groups is 4. The number of hydrogen-bond donors (Lipinski definition) is 0. The molecule has 5 aliphatic carbocycles. The molecule has 0 bridgehead atoms. The van der Waals surface area contributed by atoms with E-state index in [1.54, 1.807) is 12.1 Å². The molecule has 6 rings (SSSR count). The van der Waals surface area contributed by atoms with Gasteiger partial charge in [-0.05, 0) is 103 Å². The molecule has 5 fully saturated rings. The molecule has 5 saturated carbocycles. The van der Waals surface area contributed by atoms with Gasteiger partial charge in [-0.15, -0.1) is 0 Å². The average molecular weight is 665 g/mol. The number of hydrogen-bond acceptors (Lipinski definition) is 7. The topological polar surface area (TPSA) is 124 Å². The molecule has 0 N–H and O–H groups in total. The Balaban J connectivity index is 0.00000250. The van der Waals surface area contributed by atoms with Crippen LogP contribution in [0.5, 0.6) is 0 Å². The molecule has 0 amide bonds. The smallest absolute Gasteiger partial charge is 0.550 e. The first kappa shape index (κ1) is 39.1. The van der Waals surface area contributed by atoms with Gasteiger partial charge in [0.2, 0.25) is 0 Å². The number of ether oxygens (including phenoxy) is 1. The third-order valence-electron chi connectivity index (χ3n) is 15.2. The van der Waals surface area contributed by atoms with Crippen LogP contribution < -0.4 is 69.3 Å². The number of aliphatic carboxylic acids is 1. The van der Waals surface area contributed by atoms with E-state index in [1.165, 1.54) is 12.1 Å². The number of carbonyl (C=O) groups excluding carboxylic acids is 4. The molecule has 0 aromatic heterocycles. The van der Waals surface area contributed by atoms with Gasteiger partial charge < -0.3 is 24.5 Å². The van der Waals surface area contributed by atoms with E-state index in [4.69, 9.17) is 4.74 Å². The largest absolute Gasteiger partial charge is 1.00 e. The monoisotopic (exact) mass is 664 g/mol. The Hall–Kier alpha value is -0.700. The summed E-state index contributed by atoms with van der Waals surface area (Å²) >= 11 is 0. The first-order valence-electron chi connectivity index (χ1n) is 17.1. The molecule has 0 radical (unpaired) electrons. The van der Waals surface area contributed by atoms with E-state index in [0.29, 0.717) is 31.5 Å². The second-order valence-electron chi connectivity index (χ2n) is 17.5. The first-order valence-corrected chi connectivity index (χ1v) is 17.1. The van der Waals surface area contributed by atoms with Crippen LogP contribution in [0, 0.1) is 56.2 Å². The molecule has 1 aromatic rings. The van der Waals surface area contributed by atoms with Crippen LogP contribution in [0.3, 0.4) is 0 Å². The Bertz CT molecular complexity index is 1460. The van der Waals surface area contributed by atoms with Gasteiger partial charge in [0.1, 0.15) is 11.9 Å². The molecule has 0 aliphatic heterocycles. The molecule has 0 saturated heterocycles. The summed E-state index contributed by atoms with van der Waals surface area (Å²) in [5.74, 6) is -2.35. The molecule has 7 nitrogen and oxygen atoms in total. The van der Waals surface area contributed by atoms with Crippen molar-refractivity contribution in [1.29, 1.82) is 0 Å². The molecular formula is C38H50Na2O7. The summed E-state index contributed by atoms with van der Waals surface area (Å²) in [4.78, 5) is 51.9. The molecule has 47 heavy (non-hydrogen) atoms. The van der Waals surface area contributed by atoms with Crippen molar-refractivity contribution in [2.45, 2.75) is 119 Å². The van der Waals surface area contributed by atoms with Gasteiger partial charge in [0.15, 0.2) is 0 Å². The van der Waals surface area contributed by atoms with Crippen molar-refractivity contribution in [3.05, 3.63) is 35.4 Å². The fraction of sp³-hybridized carbons (Fsp3) is 0.737. The quantitative estimate of drug-likeness (QED) is 0.311. The van der Waals surface area contributed by atoms with E-state index < -0.39 is 34.8 Å². The van der Waals surface area contributed by atoms with Gasteiger partial charge in [-0.3, -0.25) is 4.79 Å². The summed E-state index contributed by atoms with van der Waals surface area (Å²) in [6.45, 7) is 15.5. The van der Waals surface area contributed by atoms with E-state index in [0.717, 1.165) is 38.5 Å². The Kier molecular flexibility index (Phi) is 10.7. The van der Waals surface area contributed by atoms with Gasteiger partial charge in [0, 0.05) is 34.7 Å². The van der Waals surface area contributed by atoms with Crippen LogP contribution in [0.4, 0.5) is 0 Å². The molecular weight excluding hydrogens is 614 g/mol. The molecule has 4 unspecified atom stereocenters. The zero-order valence-electron chi connectivity index (χ0n) is 30.1. The molecule has 246 valence electrons. The van der Waals surface area contributed by atoms with Crippen LogP contribution in [-0.4, -0.2) is 29.8 Å². The van der Waals surface area contributed by atoms with Crippen LogP contribution in [-0.2, 0) is 14.3 Å². The number of carboxylic acids is 2. The van der Waals surface area contributed by atoms with Crippen molar-refractivity contribution in [3.63, 3.8) is 0 Å². The van der Waals surface area contributed by atoms with E-state index in [9.17, 15) is 29.4 Å².